The molecule has 0 aliphatic carbocycles. The molecule has 2 aromatic carbocycles. The minimum Gasteiger partial charge on any atom is -0.279 e. The van der Waals surface area contributed by atoms with Crippen molar-refractivity contribution in [1.82, 2.24) is 4.31 Å². The fourth-order valence-electron chi connectivity index (χ4n) is 2.11. The molecule has 0 aromatic heterocycles. The van der Waals surface area contributed by atoms with Crippen LogP contribution in [0.15, 0.2) is 46.2 Å². The highest BCUT2D eigenvalue weighted by molar-refractivity contribution is 7.92. The molecular weight excluding hydrogens is 367 g/mol. The Bertz CT molecular complexity index is 999. The number of hydrogen-bond donors (Lipinski definition) is 1. The highest BCUT2D eigenvalue weighted by Crippen LogP contribution is 2.27. The Kier molecular flexibility index (Phi) is 5.22. The van der Waals surface area contributed by atoms with Crippen LogP contribution in [0, 0.1) is 19.7 Å². The number of anilines is 1. The molecule has 136 valence electrons. The van der Waals surface area contributed by atoms with Crippen molar-refractivity contribution in [2.24, 2.45) is 0 Å². The first-order valence-electron chi connectivity index (χ1n) is 7.27. The van der Waals surface area contributed by atoms with Crippen LogP contribution in [-0.2, 0) is 20.0 Å². The standard InChI is InChI=1S/C16H19FN2O4S2/c1-11-9-15(25(22,23)19(3)4)10-16(12(11)2)18-24(20,21)14-7-5-13(17)6-8-14/h5-10,18H,1-4H3. The number of aryl methyl sites for hydroxylation is 1. The summed E-state index contributed by atoms with van der Waals surface area (Å²) in [5.41, 5.74) is 1.38. The molecule has 2 rings (SSSR count). The molecule has 0 radical (unpaired) electrons. The van der Waals surface area contributed by atoms with Gasteiger partial charge in [-0.1, -0.05) is 0 Å². The third-order valence-corrected chi connectivity index (χ3v) is 6.96. The normalized spacial score (nSPS) is 12.4. The summed E-state index contributed by atoms with van der Waals surface area (Å²) in [6.07, 6.45) is 0. The fraction of sp³-hybridized carbons (Fsp3) is 0.250. The van der Waals surface area contributed by atoms with E-state index in [2.05, 4.69) is 4.72 Å². The van der Waals surface area contributed by atoms with E-state index in [-0.39, 0.29) is 15.5 Å². The first kappa shape index (κ1) is 19.4. The van der Waals surface area contributed by atoms with E-state index in [1.54, 1.807) is 13.8 Å². The van der Waals surface area contributed by atoms with Crippen LogP contribution in [0.25, 0.3) is 0 Å². The number of nitrogens with one attached hydrogen (secondary N) is 1. The molecule has 0 saturated heterocycles. The number of halogens is 1. The molecule has 0 amide bonds. The number of rotatable bonds is 5. The largest absolute Gasteiger partial charge is 0.279 e. The molecule has 6 nitrogen and oxygen atoms in total. The van der Waals surface area contributed by atoms with E-state index in [9.17, 15) is 21.2 Å². The van der Waals surface area contributed by atoms with Gasteiger partial charge in [0.25, 0.3) is 10.0 Å². The van der Waals surface area contributed by atoms with Gasteiger partial charge in [0.15, 0.2) is 0 Å². The van der Waals surface area contributed by atoms with Crippen LogP contribution >= 0.6 is 0 Å². The topological polar surface area (TPSA) is 83.6 Å². The van der Waals surface area contributed by atoms with Gasteiger partial charge in [-0.15, -0.1) is 0 Å². The van der Waals surface area contributed by atoms with Crippen molar-refractivity contribution in [2.45, 2.75) is 23.6 Å². The Morgan fingerprint density at radius 3 is 2.00 bits per heavy atom. The van der Waals surface area contributed by atoms with E-state index in [0.717, 1.165) is 28.6 Å². The molecule has 0 heterocycles. The van der Waals surface area contributed by atoms with Gasteiger partial charge in [-0.2, -0.15) is 0 Å². The second kappa shape index (κ2) is 6.74. The molecule has 25 heavy (non-hydrogen) atoms. The lowest BCUT2D eigenvalue weighted by Crippen LogP contribution is -2.23. The van der Waals surface area contributed by atoms with Gasteiger partial charge < -0.3 is 0 Å². The van der Waals surface area contributed by atoms with E-state index >= 15 is 0 Å². The summed E-state index contributed by atoms with van der Waals surface area (Å²) in [5.74, 6) is -0.551. The van der Waals surface area contributed by atoms with Crippen molar-refractivity contribution < 1.29 is 21.2 Å². The van der Waals surface area contributed by atoms with E-state index in [1.807, 2.05) is 0 Å². The predicted molar refractivity (Wildman–Crippen MR) is 94.0 cm³/mol. The second-order valence-electron chi connectivity index (χ2n) is 5.76. The van der Waals surface area contributed by atoms with Gasteiger partial charge in [0, 0.05) is 14.1 Å². The third kappa shape index (κ3) is 4.00. The zero-order valence-corrected chi connectivity index (χ0v) is 15.9. The Labute approximate surface area is 147 Å². The summed E-state index contributed by atoms with van der Waals surface area (Å²) < 4.78 is 66.0. The first-order valence-corrected chi connectivity index (χ1v) is 10.2. The Balaban J connectivity index is 2.53. The molecule has 0 fully saturated rings. The summed E-state index contributed by atoms with van der Waals surface area (Å²) in [5, 5.41) is 0. The molecule has 0 unspecified atom stereocenters. The zero-order valence-electron chi connectivity index (χ0n) is 14.2. The maximum Gasteiger partial charge on any atom is 0.261 e. The lowest BCUT2D eigenvalue weighted by atomic mass is 10.1. The highest BCUT2D eigenvalue weighted by atomic mass is 32.2. The van der Waals surface area contributed by atoms with Crippen LogP contribution in [0.1, 0.15) is 11.1 Å². The average molecular weight is 386 g/mol. The van der Waals surface area contributed by atoms with Crippen molar-refractivity contribution in [3.05, 3.63) is 53.3 Å². The molecule has 0 saturated carbocycles. The van der Waals surface area contributed by atoms with Gasteiger partial charge >= 0.3 is 0 Å². The maximum absolute atomic E-state index is 13.0. The van der Waals surface area contributed by atoms with Gasteiger partial charge in [0.2, 0.25) is 10.0 Å². The smallest absolute Gasteiger partial charge is 0.261 e. The molecule has 2 aromatic rings. The van der Waals surface area contributed by atoms with Gasteiger partial charge in [-0.3, -0.25) is 4.72 Å². The van der Waals surface area contributed by atoms with Crippen molar-refractivity contribution in [3.8, 4) is 0 Å². The molecule has 9 heteroatoms. The van der Waals surface area contributed by atoms with Crippen LogP contribution in [0.3, 0.4) is 0 Å². The Morgan fingerprint density at radius 1 is 0.920 bits per heavy atom. The van der Waals surface area contributed by atoms with E-state index in [0.29, 0.717) is 11.1 Å². The quantitative estimate of drug-likeness (QED) is 0.856. The monoisotopic (exact) mass is 386 g/mol. The van der Waals surface area contributed by atoms with Crippen LogP contribution in [0.4, 0.5) is 10.1 Å². The summed E-state index contributed by atoms with van der Waals surface area (Å²) in [6, 6.07) is 7.12. The summed E-state index contributed by atoms with van der Waals surface area (Å²) >= 11 is 0. The Morgan fingerprint density at radius 2 is 1.48 bits per heavy atom. The SMILES string of the molecule is Cc1cc(S(=O)(=O)N(C)C)cc(NS(=O)(=O)c2ccc(F)cc2)c1C. The number of nitrogens with zero attached hydrogens (tertiary/aromatic N) is 1. The molecular formula is C16H19FN2O4S2. The van der Waals surface area contributed by atoms with E-state index in [4.69, 9.17) is 0 Å². The van der Waals surface area contributed by atoms with Gasteiger partial charge in [0.1, 0.15) is 5.82 Å². The molecule has 0 spiro atoms. The lowest BCUT2D eigenvalue weighted by molar-refractivity contribution is 0.520. The summed E-state index contributed by atoms with van der Waals surface area (Å²) in [4.78, 5) is -0.135. The van der Waals surface area contributed by atoms with Crippen molar-refractivity contribution in [3.63, 3.8) is 0 Å². The minimum absolute atomic E-state index is 0.0163. The zero-order chi connectivity index (χ0) is 19.0. The lowest BCUT2D eigenvalue weighted by Gasteiger charge is -2.17. The summed E-state index contributed by atoms with van der Waals surface area (Å²) in [6.45, 7) is 3.38. The van der Waals surface area contributed by atoms with Gasteiger partial charge in [0.05, 0.1) is 15.5 Å². The molecule has 1 N–H and O–H groups in total. The van der Waals surface area contributed by atoms with E-state index in [1.165, 1.54) is 26.2 Å². The van der Waals surface area contributed by atoms with Crippen LogP contribution in [-0.4, -0.2) is 35.2 Å². The van der Waals surface area contributed by atoms with Crippen molar-refractivity contribution in [1.29, 1.82) is 0 Å². The van der Waals surface area contributed by atoms with Crippen molar-refractivity contribution >= 4 is 25.7 Å². The van der Waals surface area contributed by atoms with Crippen LogP contribution < -0.4 is 4.72 Å². The number of sulfonamides is 2. The fourth-order valence-corrected chi connectivity index (χ4v) is 4.24. The summed E-state index contributed by atoms with van der Waals surface area (Å²) in [7, 11) is -4.90. The van der Waals surface area contributed by atoms with Crippen molar-refractivity contribution in [2.75, 3.05) is 18.8 Å². The Hall–Kier alpha value is -1.97. The molecule has 0 aliphatic heterocycles. The average Bonchev–Trinajstić information content (AvgIpc) is 2.51. The van der Waals surface area contributed by atoms with Crippen LogP contribution in [0.2, 0.25) is 0 Å². The maximum atomic E-state index is 13.0. The third-order valence-electron chi connectivity index (χ3n) is 3.79. The molecule has 0 bridgehead atoms. The van der Waals surface area contributed by atoms with Gasteiger partial charge in [-0.25, -0.2) is 25.5 Å². The molecule has 0 atom stereocenters. The highest BCUT2D eigenvalue weighted by Gasteiger charge is 2.22. The minimum atomic E-state index is -3.98. The number of hydrogen-bond acceptors (Lipinski definition) is 4. The van der Waals surface area contributed by atoms with Crippen LogP contribution in [0.5, 0.6) is 0 Å². The predicted octanol–water partition coefficient (Wildman–Crippen LogP) is 2.49. The van der Waals surface area contributed by atoms with E-state index < -0.39 is 25.9 Å². The second-order valence-corrected chi connectivity index (χ2v) is 9.59. The van der Waals surface area contributed by atoms with Gasteiger partial charge in [-0.05, 0) is 61.4 Å². The number of benzene rings is 2. The molecule has 0 aliphatic rings. The first-order chi connectivity index (χ1) is 11.4.